The van der Waals surface area contributed by atoms with E-state index in [0.717, 1.165) is 23.5 Å². The monoisotopic (exact) mass is 336 g/mol. The minimum atomic E-state index is 0.614. The highest BCUT2D eigenvalue weighted by molar-refractivity contribution is 7.80. The van der Waals surface area contributed by atoms with Gasteiger partial charge in [0.15, 0.2) is 5.11 Å². The Labute approximate surface area is 142 Å². The van der Waals surface area contributed by atoms with Gasteiger partial charge in [-0.15, -0.1) is 0 Å². The van der Waals surface area contributed by atoms with Crippen LogP contribution in [0.4, 0.5) is 5.69 Å². The van der Waals surface area contributed by atoms with Crippen LogP contribution in [0.15, 0.2) is 24.4 Å². The van der Waals surface area contributed by atoms with Crippen molar-refractivity contribution in [1.29, 1.82) is 0 Å². The molecule has 0 fully saturated rings. The number of hydrogen-bond acceptors (Lipinski definition) is 2. The molecule has 0 aliphatic heterocycles. The fourth-order valence-electron chi connectivity index (χ4n) is 2.20. The minimum absolute atomic E-state index is 0.614. The molecular formula is C16H21ClN4S. The Balaban J connectivity index is 2.09. The molecular weight excluding hydrogens is 316 g/mol. The van der Waals surface area contributed by atoms with E-state index in [0.29, 0.717) is 16.7 Å². The first-order chi connectivity index (χ1) is 10.4. The molecule has 0 aliphatic rings. The molecule has 6 heteroatoms. The maximum absolute atomic E-state index is 6.20. The lowest BCUT2D eigenvalue weighted by atomic mass is 10.1. The van der Waals surface area contributed by atoms with Crippen LogP contribution in [0.5, 0.6) is 0 Å². The Hall–Kier alpha value is -1.59. The van der Waals surface area contributed by atoms with Crippen LogP contribution in [0.3, 0.4) is 0 Å². The summed E-state index contributed by atoms with van der Waals surface area (Å²) in [5.74, 6) is 0. The van der Waals surface area contributed by atoms with Crippen LogP contribution in [0.1, 0.15) is 23.7 Å². The molecule has 0 aliphatic carbocycles. The van der Waals surface area contributed by atoms with Gasteiger partial charge in [-0.1, -0.05) is 23.7 Å². The highest BCUT2D eigenvalue weighted by atomic mass is 35.5. The Morgan fingerprint density at radius 3 is 2.82 bits per heavy atom. The number of rotatable bonds is 4. The Morgan fingerprint density at radius 1 is 1.41 bits per heavy atom. The zero-order valence-electron chi connectivity index (χ0n) is 13.4. The van der Waals surface area contributed by atoms with Crippen molar-refractivity contribution in [1.82, 2.24) is 14.7 Å². The number of thiocarbonyl (C=S) groups is 1. The van der Waals surface area contributed by atoms with Gasteiger partial charge in [-0.25, -0.2) is 0 Å². The predicted molar refractivity (Wildman–Crippen MR) is 96.5 cm³/mol. The van der Waals surface area contributed by atoms with Gasteiger partial charge in [0.05, 0.1) is 23.5 Å². The molecule has 4 nitrogen and oxygen atoms in total. The normalized spacial score (nSPS) is 10.6. The third-order valence-electron chi connectivity index (χ3n) is 3.57. The molecule has 118 valence electrons. The second kappa shape index (κ2) is 7.11. The van der Waals surface area contributed by atoms with Crippen LogP contribution in [-0.2, 0) is 13.1 Å². The summed E-state index contributed by atoms with van der Waals surface area (Å²) in [6, 6.07) is 6.27. The van der Waals surface area contributed by atoms with Crippen molar-refractivity contribution >= 4 is 34.6 Å². The summed E-state index contributed by atoms with van der Waals surface area (Å²) in [5.41, 5.74) is 4.37. The summed E-state index contributed by atoms with van der Waals surface area (Å²) in [7, 11) is 1.95. The van der Waals surface area contributed by atoms with Crippen LogP contribution in [0.25, 0.3) is 0 Å². The number of nitrogens with zero attached hydrogens (tertiary/aromatic N) is 3. The van der Waals surface area contributed by atoms with Gasteiger partial charge >= 0.3 is 0 Å². The van der Waals surface area contributed by atoms with Gasteiger partial charge in [0.2, 0.25) is 0 Å². The first-order valence-corrected chi connectivity index (χ1v) is 8.00. The predicted octanol–water partition coefficient (Wildman–Crippen LogP) is 4.00. The number of anilines is 1. The topological polar surface area (TPSA) is 33.1 Å². The minimum Gasteiger partial charge on any atom is -0.346 e. The van der Waals surface area contributed by atoms with Gasteiger partial charge in [-0.2, -0.15) is 5.10 Å². The van der Waals surface area contributed by atoms with Crippen molar-refractivity contribution < 1.29 is 0 Å². The highest BCUT2D eigenvalue weighted by Gasteiger charge is 2.13. The molecule has 1 heterocycles. The molecule has 2 rings (SSSR count). The molecule has 0 amide bonds. The summed E-state index contributed by atoms with van der Waals surface area (Å²) in [4.78, 5) is 1.96. The zero-order chi connectivity index (χ0) is 16.3. The summed E-state index contributed by atoms with van der Waals surface area (Å²) in [6.45, 7) is 7.57. The fraction of sp³-hybridized carbons (Fsp3) is 0.375. The molecule has 22 heavy (non-hydrogen) atoms. The summed E-state index contributed by atoms with van der Waals surface area (Å²) in [5, 5.41) is 8.89. The standard InChI is InChI=1S/C16H21ClN4S/c1-5-21-15(13(17)9-18-21)10-20(4)16(22)19-14-8-11(2)6-7-12(14)3/h6-9H,5,10H2,1-4H3,(H,19,22). The molecule has 0 saturated carbocycles. The maximum atomic E-state index is 6.20. The van der Waals surface area contributed by atoms with Crippen molar-refractivity contribution in [3.8, 4) is 0 Å². The summed E-state index contributed by atoms with van der Waals surface area (Å²) >= 11 is 11.7. The van der Waals surface area contributed by atoms with E-state index in [1.165, 1.54) is 5.56 Å². The number of aryl methyl sites for hydroxylation is 3. The largest absolute Gasteiger partial charge is 0.346 e. The lowest BCUT2D eigenvalue weighted by molar-refractivity contribution is 0.471. The van der Waals surface area contributed by atoms with Gasteiger partial charge < -0.3 is 10.2 Å². The van der Waals surface area contributed by atoms with Crippen molar-refractivity contribution in [2.24, 2.45) is 0 Å². The van der Waals surface area contributed by atoms with Crippen LogP contribution in [0.2, 0.25) is 5.02 Å². The number of nitrogens with one attached hydrogen (secondary N) is 1. The third-order valence-corrected chi connectivity index (χ3v) is 4.30. The van der Waals surface area contributed by atoms with Gasteiger partial charge in [0.25, 0.3) is 0 Å². The Morgan fingerprint density at radius 2 is 2.14 bits per heavy atom. The first-order valence-electron chi connectivity index (χ1n) is 7.22. The molecule has 1 aromatic heterocycles. The molecule has 0 radical (unpaired) electrons. The van der Waals surface area contributed by atoms with Crippen LogP contribution in [0, 0.1) is 13.8 Å². The average Bonchev–Trinajstić information content (AvgIpc) is 2.83. The Kier molecular flexibility index (Phi) is 5.42. The number of halogens is 1. The van der Waals surface area contributed by atoms with E-state index in [2.05, 4.69) is 42.5 Å². The van der Waals surface area contributed by atoms with E-state index in [9.17, 15) is 0 Å². The molecule has 1 aromatic carbocycles. The van der Waals surface area contributed by atoms with Crippen molar-refractivity contribution in [3.63, 3.8) is 0 Å². The number of hydrogen-bond donors (Lipinski definition) is 1. The van der Waals surface area contributed by atoms with Gasteiger partial charge in [0, 0.05) is 19.3 Å². The van der Waals surface area contributed by atoms with E-state index >= 15 is 0 Å². The van der Waals surface area contributed by atoms with E-state index in [-0.39, 0.29) is 0 Å². The van der Waals surface area contributed by atoms with E-state index in [1.807, 2.05) is 23.6 Å². The fourth-order valence-corrected chi connectivity index (χ4v) is 2.57. The quantitative estimate of drug-likeness (QED) is 0.855. The van der Waals surface area contributed by atoms with Crippen LogP contribution >= 0.6 is 23.8 Å². The zero-order valence-corrected chi connectivity index (χ0v) is 14.9. The molecule has 0 atom stereocenters. The molecule has 1 N–H and O–H groups in total. The summed E-state index contributed by atoms with van der Waals surface area (Å²) in [6.07, 6.45) is 1.68. The lowest BCUT2D eigenvalue weighted by Gasteiger charge is -2.22. The first kappa shape index (κ1) is 16.8. The molecule has 0 unspecified atom stereocenters. The van der Waals surface area contributed by atoms with Crippen LogP contribution < -0.4 is 5.32 Å². The van der Waals surface area contributed by atoms with Crippen molar-refractivity contribution in [2.45, 2.75) is 33.9 Å². The van der Waals surface area contributed by atoms with E-state index < -0.39 is 0 Å². The smallest absolute Gasteiger partial charge is 0.173 e. The average molecular weight is 337 g/mol. The van der Waals surface area contributed by atoms with Gasteiger partial charge in [0.1, 0.15) is 0 Å². The van der Waals surface area contributed by atoms with E-state index in [4.69, 9.17) is 23.8 Å². The second-order valence-electron chi connectivity index (χ2n) is 5.36. The Bertz CT molecular complexity index is 681. The van der Waals surface area contributed by atoms with Gasteiger partial charge in [-0.05, 0) is 50.2 Å². The summed E-state index contributed by atoms with van der Waals surface area (Å²) < 4.78 is 1.89. The SMILES string of the molecule is CCn1ncc(Cl)c1CN(C)C(=S)Nc1cc(C)ccc1C. The molecule has 0 bridgehead atoms. The third kappa shape index (κ3) is 3.78. The van der Waals surface area contributed by atoms with Gasteiger partial charge in [-0.3, -0.25) is 4.68 Å². The van der Waals surface area contributed by atoms with Crippen molar-refractivity contribution in [2.75, 3.05) is 12.4 Å². The molecule has 2 aromatic rings. The van der Waals surface area contributed by atoms with E-state index in [1.54, 1.807) is 6.20 Å². The molecule has 0 spiro atoms. The number of benzene rings is 1. The lowest BCUT2D eigenvalue weighted by Crippen LogP contribution is -2.31. The maximum Gasteiger partial charge on any atom is 0.173 e. The van der Waals surface area contributed by atoms with Crippen LogP contribution in [-0.4, -0.2) is 26.8 Å². The number of aromatic nitrogens is 2. The molecule has 0 saturated heterocycles. The second-order valence-corrected chi connectivity index (χ2v) is 6.15. The van der Waals surface area contributed by atoms with Crippen molar-refractivity contribution in [3.05, 3.63) is 46.2 Å². The highest BCUT2D eigenvalue weighted by Crippen LogP contribution is 2.19.